The van der Waals surface area contributed by atoms with Gasteiger partial charge in [-0.1, -0.05) is 32.0 Å². The van der Waals surface area contributed by atoms with E-state index in [-0.39, 0.29) is 17.5 Å². The summed E-state index contributed by atoms with van der Waals surface area (Å²) in [5.41, 5.74) is 0.729. The lowest BCUT2D eigenvalue weighted by atomic mass is 10.1. The van der Waals surface area contributed by atoms with Gasteiger partial charge in [-0.15, -0.1) is 11.3 Å². The van der Waals surface area contributed by atoms with E-state index in [1.807, 2.05) is 43.5 Å². The van der Waals surface area contributed by atoms with Crippen LogP contribution in [-0.2, 0) is 17.1 Å². The maximum Gasteiger partial charge on any atom is 0.259 e. The highest BCUT2D eigenvalue weighted by Gasteiger charge is 2.22. The van der Waals surface area contributed by atoms with Gasteiger partial charge in [0.05, 0.1) is 6.10 Å². The predicted molar refractivity (Wildman–Crippen MR) is 99.3 cm³/mol. The summed E-state index contributed by atoms with van der Waals surface area (Å²) >= 11 is 1.53. The van der Waals surface area contributed by atoms with E-state index in [1.54, 1.807) is 11.6 Å². The van der Waals surface area contributed by atoms with Gasteiger partial charge in [0, 0.05) is 36.0 Å². The molecule has 0 saturated carbocycles. The van der Waals surface area contributed by atoms with Gasteiger partial charge in [0.25, 0.3) is 10.0 Å². The predicted octanol–water partition coefficient (Wildman–Crippen LogP) is 2.77. The van der Waals surface area contributed by atoms with E-state index >= 15 is 0 Å². The summed E-state index contributed by atoms with van der Waals surface area (Å²) in [6.07, 6.45) is 0.573. The van der Waals surface area contributed by atoms with Crippen molar-refractivity contribution in [2.45, 2.75) is 30.9 Å². The van der Waals surface area contributed by atoms with Gasteiger partial charge in [0.1, 0.15) is 5.82 Å². The first kappa shape index (κ1) is 18.1. The van der Waals surface area contributed by atoms with Crippen molar-refractivity contribution in [1.29, 1.82) is 0 Å². The normalized spacial score (nSPS) is 13.6. The zero-order chi connectivity index (χ0) is 18.2. The van der Waals surface area contributed by atoms with Crippen molar-refractivity contribution in [2.24, 2.45) is 7.05 Å². The number of hydrogen-bond acceptors (Lipinski definition) is 5. The number of benzene rings is 1. The van der Waals surface area contributed by atoms with E-state index in [0.717, 1.165) is 15.6 Å². The van der Waals surface area contributed by atoms with Crippen molar-refractivity contribution >= 4 is 31.4 Å². The smallest absolute Gasteiger partial charge is 0.259 e. The number of aliphatic hydroxyl groups is 1. The second kappa shape index (κ2) is 6.87. The van der Waals surface area contributed by atoms with E-state index < -0.39 is 16.1 Å². The van der Waals surface area contributed by atoms with Crippen molar-refractivity contribution < 1.29 is 13.5 Å². The molecule has 0 fully saturated rings. The summed E-state index contributed by atoms with van der Waals surface area (Å²) < 4.78 is 30.2. The molecule has 25 heavy (non-hydrogen) atoms. The van der Waals surface area contributed by atoms with E-state index in [1.165, 1.54) is 17.5 Å². The van der Waals surface area contributed by atoms with Crippen LogP contribution in [0.1, 0.15) is 37.3 Å². The third-order valence-electron chi connectivity index (χ3n) is 4.02. The van der Waals surface area contributed by atoms with Crippen LogP contribution in [0.5, 0.6) is 0 Å². The molecule has 2 aromatic heterocycles. The summed E-state index contributed by atoms with van der Waals surface area (Å²) in [5.74, 6) is 0.821. The number of fused-ring (bicyclic) bond motifs is 1. The number of imidazole rings is 1. The number of rotatable bonds is 6. The summed E-state index contributed by atoms with van der Waals surface area (Å²) in [5, 5.41) is 13.2. The Labute approximate surface area is 151 Å². The average Bonchev–Trinajstić information content (AvgIpc) is 3.16. The molecule has 0 saturated heterocycles. The first-order chi connectivity index (χ1) is 11.8. The number of sulfonamides is 1. The van der Waals surface area contributed by atoms with Gasteiger partial charge in [0.15, 0.2) is 5.03 Å². The van der Waals surface area contributed by atoms with Gasteiger partial charge in [0.2, 0.25) is 0 Å². The third-order valence-corrected chi connectivity index (χ3v) is 6.29. The fraction of sp³-hybridized carbons (Fsp3) is 0.353. The van der Waals surface area contributed by atoms with Gasteiger partial charge in [-0.3, -0.25) is 0 Å². The number of aromatic nitrogens is 2. The van der Waals surface area contributed by atoms with E-state index in [9.17, 15) is 13.5 Å². The Hall–Kier alpha value is -1.74. The van der Waals surface area contributed by atoms with Crippen LogP contribution in [0.2, 0.25) is 0 Å². The first-order valence-corrected chi connectivity index (χ1v) is 10.3. The van der Waals surface area contributed by atoms with Crippen molar-refractivity contribution in [3.63, 3.8) is 0 Å². The van der Waals surface area contributed by atoms with Crippen LogP contribution in [0.25, 0.3) is 10.1 Å². The molecule has 0 radical (unpaired) electrons. The molecule has 0 unspecified atom stereocenters. The Morgan fingerprint density at radius 2 is 2.04 bits per heavy atom. The minimum atomic E-state index is -3.77. The molecule has 2 N–H and O–H groups in total. The lowest BCUT2D eigenvalue weighted by Crippen LogP contribution is -2.28. The number of hydrogen-bond donors (Lipinski definition) is 2. The standard InChI is InChI=1S/C17H21N3O3S2/c1-11(2)17-19-16(9-20(17)3)25(22,23)18-8-14(21)13-10-24-15-7-5-4-6-12(13)15/h4-7,9-11,14,18,21H,8H2,1-3H3/t14-/m1/s1. The maximum atomic E-state index is 12.5. The summed E-state index contributed by atoms with van der Waals surface area (Å²) in [7, 11) is -2.00. The van der Waals surface area contributed by atoms with E-state index in [0.29, 0.717) is 5.82 Å². The van der Waals surface area contributed by atoms with Gasteiger partial charge >= 0.3 is 0 Å². The second-order valence-corrected chi connectivity index (χ2v) is 8.88. The largest absolute Gasteiger partial charge is 0.387 e. The molecule has 1 aromatic carbocycles. The molecule has 0 bridgehead atoms. The highest BCUT2D eigenvalue weighted by molar-refractivity contribution is 7.89. The van der Waals surface area contributed by atoms with Crippen molar-refractivity contribution in [2.75, 3.05) is 6.54 Å². The molecule has 0 aliphatic carbocycles. The topological polar surface area (TPSA) is 84.2 Å². The fourth-order valence-corrected chi connectivity index (χ4v) is 4.79. The molecule has 0 aliphatic heterocycles. The summed E-state index contributed by atoms with van der Waals surface area (Å²) in [6.45, 7) is 3.81. The zero-order valence-corrected chi connectivity index (χ0v) is 15.9. The molecule has 6 nitrogen and oxygen atoms in total. The number of nitrogens with one attached hydrogen (secondary N) is 1. The van der Waals surface area contributed by atoms with Crippen LogP contribution in [0.4, 0.5) is 0 Å². The molecule has 0 spiro atoms. The lowest BCUT2D eigenvalue weighted by molar-refractivity contribution is 0.184. The van der Waals surface area contributed by atoms with Crippen LogP contribution in [-0.4, -0.2) is 29.6 Å². The summed E-state index contributed by atoms with van der Waals surface area (Å²) in [4.78, 5) is 4.20. The van der Waals surface area contributed by atoms with Crippen LogP contribution < -0.4 is 4.72 Å². The third kappa shape index (κ3) is 3.62. The zero-order valence-electron chi connectivity index (χ0n) is 14.3. The molecule has 8 heteroatoms. The average molecular weight is 380 g/mol. The lowest BCUT2D eigenvalue weighted by Gasteiger charge is -2.11. The molecule has 0 amide bonds. The van der Waals surface area contributed by atoms with Gasteiger partial charge < -0.3 is 9.67 Å². The molecule has 0 aliphatic rings. The summed E-state index contributed by atoms with van der Waals surface area (Å²) in [6, 6.07) is 7.73. The van der Waals surface area contributed by atoms with Gasteiger partial charge in [-0.05, 0) is 16.8 Å². The fourth-order valence-electron chi connectivity index (χ4n) is 2.75. The minimum Gasteiger partial charge on any atom is -0.387 e. The molecule has 134 valence electrons. The Kier molecular flexibility index (Phi) is 4.97. The number of nitrogens with zero attached hydrogens (tertiary/aromatic N) is 2. The number of aliphatic hydroxyl groups excluding tert-OH is 1. The van der Waals surface area contributed by atoms with Crippen molar-refractivity contribution in [1.82, 2.24) is 14.3 Å². The first-order valence-electron chi connectivity index (χ1n) is 7.96. The Balaban J connectivity index is 1.77. The van der Waals surface area contributed by atoms with Gasteiger partial charge in [-0.2, -0.15) is 0 Å². The van der Waals surface area contributed by atoms with Crippen LogP contribution >= 0.6 is 11.3 Å². The number of aryl methyl sites for hydroxylation is 1. The monoisotopic (exact) mass is 379 g/mol. The van der Waals surface area contributed by atoms with E-state index in [4.69, 9.17) is 0 Å². The molecule has 1 atom stereocenters. The minimum absolute atomic E-state index is 0.0268. The highest BCUT2D eigenvalue weighted by atomic mass is 32.2. The van der Waals surface area contributed by atoms with Crippen LogP contribution in [0, 0.1) is 0 Å². The van der Waals surface area contributed by atoms with Gasteiger partial charge in [-0.25, -0.2) is 18.1 Å². The quantitative estimate of drug-likeness (QED) is 0.690. The molecular formula is C17H21N3O3S2. The second-order valence-electron chi connectivity index (χ2n) is 6.26. The Bertz CT molecular complexity index is 990. The highest BCUT2D eigenvalue weighted by Crippen LogP contribution is 2.30. The SMILES string of the molecule is CC(C)c1nc(S(=O)(=O)NC[C@@H](O)c2csc3ccccc23)cn1C. The molecular weight excluding hydrogens is 358 g/mol. The molecule has 3 rings (SSSR count). The van der Waals surface area contributed by atoms with Crippen molar-refractivity contribution in [3.05, 3.63) is 47.2 Å². The number of thiophene rings is 1. The van der Waals surface area contributed by atoms with Crippen molar-refractivity contribution in [3.8, 4) is 0 Å². The molecule has 2 heterocycles. The van der Waals surface area contributed by atoms with Crippen LogP contribution in [0.15, 0.2) is 40.9 Å². The Morgan fingerprint density at radius 1 is 1.32 bits per heavy atom. The molecule has 3 aromatic rings. The van der Waals surface area contributed by atoms with Crippen LogP contribution in [0.3, 0.4) is 0 Å². The Morgan fingerprint density at radius 3 is 2.72 bits per heavy atom. The maximum absolute atomic E-state index is 12.5. The van der Waals surface area contributed by atoms with E-state index in [2.05, 4.69) is 9.71 Å².